The number of carbonyl (C=O) groups excluding carboxylic acids is 2. The zero-order valence-electron chi connectivity index (χ0n) is 10.4. The molecule has 1 aromatic carbocycles. The van der Waals surface area contributed by atoms with Crippen LogP contribution in [0.5, 0.6) is 0 Å². The number of hydroxylamine groups is 1. The molecule has 0 saturated carbocycles. The number of rotatable bonds is 4. The Labute approximate surface area is 114 Å². The largest absolute Gasteiger partial charge is 0.472 e. The Bertz CT molecular complexity index is 632. The van der Waals surface area contributed by atoms with E-state index >= 15 is 0 Å². The fraction of sp³-hybridized carbons (Fsp3) is 0. The zero-order valence-corrected chi connectivity index (χ0v) is 10.4. The molecule has 0 aliphatic rings. The lowest BCUT2D eigenvalue weighted by Crippen LogP contribution is -2.15. The van der Waals surface area contributed by atoms with Gasteiger partial charge in [0.15, 0.2) is 0 Å². The summed E-state index contributed by atoms with van der Waals surface area (Å²) in [5, 5.41) is 11.1. The lowest BCUT2D eigenvalue weighted by Gasteiger charge is -2.07. The average molecular weight is 272 g/mol. The van der Waals surface area contributed by atoms with Crippen molar-refractivity contribution in [3.05, 3.63) is 60.1 Å². The normalized spacial score (nSPS) is 10.4. The molecular weight excluding hydrogens is 260 g/mol. The van der Waals surface area contributed by atoms with Gasteiger partial charge in [0, 0.05) is 11.8 Å². The molecule has 102 valence electrons. The smallest absolute Gasteiger partial charge is 0.267 e. The van der Waals surface area contributed by atoms with Gasteiger partial charge < -0.3 is 9.73 Å². The minimum Gasteiger partial charge on any atom is -0.472 e. The molecule has 2 aromatic rings. The Morgan fingerprint density at radius 1 is 1.20 bits per heavy atom. The first-order chi connectivity index (χ1) is 9.70. The number of hydrogen-bond donors (Lipinski definition) is 3. The van der Waals surface area contributed by atoms with Crippen molar-refractivity contribution in [2.45, 2.75) is 0 Å². The third kappa shape index (κ3) is 3.33. The van der Waals surface area contributed by atoms with Gasteiger partial charge in [0.25, 0.3) is 11.8 Å². The molecule has 1 aromatic heterocycles. The summed E-state index contributed by atoms with van der Waals surface area (Å²) in [5.41, 5.74) is 3.07. The van der Waals surface area contributed by atoms with Crippen LogP contribution in [0.15, 0.2) is 53.4 Å². The molecule has 0 aliphatic heterocycles. The highest BCUT2D eigenvalue weighted by Crippen LogP contribution is 2.17. The second kappa shape index (κ2) is 6.35. The topological polar surface area (TPSA) is 91.6 Å². The van der Waals surface area contributed by atoms with Gasteiger partial charge in [-0.3, -0.25) is 14.8 Å². The van der Waals surface area contributed by atoms with Crippen molar-refractivity contribution in [3.63, 3.8) is 0 Å². The number of amides is 2. The minimum atomic E-state index is -0.652. The summed E-state index contributed by atoms with van der Waals surface area (Å²) in [6.07, 6.45) is 5.39. The van der Waals surface area contributed by atoms with Crippen molar-refractivity contribution in [2.24, 2.45) is 0 Å². The molecule has 0 atom stereocenters. The highest BCUT2D eigenvalue weighted by atomic mass is 16.5. The van der Waals surface area contributed by atoms with Crippen LogP contribution in [0.1, 0.15) is 15.9 Å². The fourth-order valence-electron chi connectivity index (χ4n) is 1.55. The second-order valence-electron chi connectivity index (χ2n) is 3.86. The van der Waals surface area contributed by atoms with E-state index in [1.807, 2.05) is 0 Å². The van der Waals surface area contributed by atoms with Crippen LogP contribution in [0.4, 0.5) is 5.69 Å². The molecule has 6 nitrogen and oxygen atoms in total. The molecule has 6 heteroatoms. The number of hydrogen-bond acceptors (Lipinski definition) is 4. The fourth-order valence-corrected chi connectivity index (χ4v) is 1.55. The molecule has 0 unspecified atom stereocenters. The van der Waals surface area contributed by atoms with Crippen LogP contribution >= 0.6 is 0 Å². The van der Waals surface area contributed by atoms with E-state index in [2.05, 4.69) is 5.32 Å². The molecule has 2 rings (SSSR count). The molecule has 0 fully saturated rings. The van der Waals surface area contributed by atoms with E-state index in [-0.39, 0.29) is 5.91 Å². The van der Waals surface area contributed by atoms with E-state index in [9.17, 15) is 9.59 Å². The summed E-state index contributed by atoms with van der Waals surface area (Å²) in [6.45, 7) is 0. The molecule has 0 aliphatic carbocycles. The SMILES string of the molecule is O=C(C=Cc1ccccc1NC(=O)c1ccoc1)NO. The van der Waals surface area contributed by atoms with Crippen LogP contribution in [0, 0.1) is 0 Å². The number of nitrogens with one attached hydrogen (secondary N) is 2. The highest BCUT2D eigenvalue weighted by molar-refractivity contribution is 6.05. The third-order valence-electron chi connectivity index (χ3n) is 2.52. The van der Waals surface area contributed by atoms with E-state index < -0.39 is 5.91 Å². The van der Waals surface area contributed by atoms with Crippen molar-refractivity contribution in [2.75, 3.05) is 5.32 Å². The second-order valence-corrected chi connectivity index (χ2v) is 3.86. The highest BCUT2D eigenvalue weighted by Gasteiger charge is 2.08. The van der Waals surface area contributed by atoms with Gasteiger partial charge in [-0.25, -0.2) is 5.48 Å². The number of para-hydroxylation sites is 1. The Kier molecular flexibility index (Phi) is 4.31. The third-order valence-corrected chi connectivity index (χ3v) is 2.52. The van der Waals surface area contributed by atoms with Gasteiger partial charge in [0.2, 0.25) is 0 Å². The lowest BCUT2D eigenvalue weighted by molar-refractivity contribution is -0.124. The van der Waals surface area contributed by atoms with Crippen LogP contribution < -0.4 is 10.8 Å². The Morgan fingerprint density at radius 3 is 2.70 bits per heavy atom. The first-order valence-corrected chi connectivity index (χ1v) is 5.75. The average Bonchev–Trinajstić information content (AvgIpc) is 3.00. The predicted molar refractivity (Wildman–Crippen MR) is 72.1 cm³/mol. The van der Waals surface area contributed by atoms with Crippen molar-refractivity contribution < 1.29 is 19.2 Å². The number of benzene rings is 1. The van der Waals surface area contributed by atoms with Gasteiger partial charge in [-0.05, 0) is 23.8 Å². The Hall–Kier alpha value is -2.86. The van der Waals surface area contributed by atoms with E-state index in [4.69, 9.17) is 9.62 Å². The Balaban J connectivity index is 2.18. The summed E-state index contributed by atoms with van der Waals surface area (Å²) in [6, 6.07) is 8.51. The molecule has 0 bridgehead atoms. The first-order valence-electron chi connectivity index (χ1n) is 5.75. The summed E-state index contributed by atoms with van der Waals surface area (Å²) >= 11 is 0. The number of furan rings is 1. The van der Waals surface area contributed by atoms with Gasteiger partial charge >= 0.3 is 0 Å². The van der Waals surface area contributed by atoms with Gasteiger partial charge in [-0.2, -0.15) is 0 Å². The van der Waals surface area contributed by atoms with E-state index in [0.717, 1.165) is 6.08 Å². The first kappa shape index (κ1) is 13.6. The van der Waals surface area contributed by atoms with E-state index in [1.165, 1.54) is 24.1 Å². The minimum absolute atomic E-state index is 0.314. The van der Waals surface area contributed by atoms with Crippen LogP contribution in [-0.4, -0.2) is 17.0 Å². The molecular formula is C14H12N2O4. The van der Waals surface area contributed by atoms with Gasteiger partial charge in [-0.15, -0.1) is 0 Å². The summed E-state index contributed by atoms with van der Waals surface area (Å²) in [5.74, 6) is -0.966. The summed E-state index contributed by atoms with van der Waals surface area (Å²) in [7, 11) is 0. The molecule has 0 radical (unpaired) electrons. The van der Waals surface area contributed by atoms with E-state index in [1.54, 1.807) is 30.3 Å². The van der Waals surface area contributed by atoms with Gasteiger partial charge in [0.05, 0.1) is 11.8 Å². The molecule has 3 N–H and O–H groups in total. The summed E-state index contributed by atoms with van der Waals surface area (Å²) in [4.78, 5) is 22.9. The van der Waals surface area contributed by atoms with Crippen molar-refractivity contribution >= 4 is 23.6 Å². The monoisotopic (exact) mass is 272 g/mol. The Morgan fingerprint density at radius 2 is 2.00 bits per heavy atom. The van der Waals surface area contributed by atoms with Gasteiger partial charge in [0.1, 0.15) is 6.26 Å². The maximum absolute atomic E-state index is 11.9. The molecule has 2 amide bonds. The molecule has 0 spiro atoms. The summed E-state index contributed by atoms with van der Waals surface area (Å²) < 4.78 is 4.84. The maximum Gasteiger partial charge on any atom is 0.267 e. The van der Waals surface area contributed by atoms with Crippen LogP contribution in [0.3, 0.4) is 0 Å². The maximum atomic E-state index is 11.9. The number of anilines is 1. The van der Waals surface area contributed by atoms with Gasteiger partial charge in [-0.1, -0.05) is 18.2 Å². The van der Waals surface area contributed by atoms with Crippen LogP contribution in [-0.2, 0) is 4.79 Å². The quantitative estimate of drug-likeness (QED) is 0.451. The van der Waals surface area contributed by atoms with E-state index in [0.29, 0.717) is 16.8 Å². The predicted octanol–water partition coefficient (Wildman–Crippen LogP) is 2.05. The molecule has 0 saturated heterocycles. The molecule has 1 heterocycles. The van der Waals surface area contributed by atoms with Crippen molar-refractivity contribution in [1.82, 2.24) is 5.48 Å². The standard InChI is InChI=1S/C14H12N2O4/c17-13(16-19)6-5-10-3-1-2-4-12(10)15-14(18)11-7-8-20-9-11/h1-9,19H,(H,15,18)(H,16,17). The van der Waals surface area contributed by atoms with Crippen LogP contribution in [0.2, 0.25) is 0 Å². The lowest BCUT2D eigenvalue weighted by atomic mass is 10.1. The number of carbonyl (C=O) groups is 2. The van der Waals surface area contributed by atoms with Crippen LogP contribution in [0.25, 0.3) is 6.08 Å². The van der Waals surface area contributed by atoms with Crippen molar-refractivity contribution in [1.29, 1.82) is 0 Å². The zero-order chi connectivity index (χ0) is 14.4. The van der Waals surface area contributed by atoms with Crippen molar-refractivity contribution in [3.8, 4) is 0 Å². The molecule has 20 heavy (non-hydrogen) atoms.